The molecule has 4 heteroatoms. The van der Waals surface area contributed by atoms with Crippen molar-refractivity contribution in [3.8, 4) is 0 Å². The van der Waals surface area contributed by atoms with E-state index in [0.29, 0.717) is 0 Å². The molecule has 4 rings (SSSR count). The number of hydrogen-bond donors (Lipinski definition) is 1. The zero-order chi connectivity index (χ0) is 15.9. The van der Waals surface area contributed by atoms with Crippen LogP contribution in [0.25, 0.3) is 0 Å². The highest BCUT2D eigenvalue weighted by molar-refractivity contribution is 7.99. The zero-order valence-corrected chi connectivity index (χ0v) is 14.4. The van der Waals surface area contributed by atoms with E-state index in [1.807, 2.05) is 24.4 Å². The lowest BCUT2D eigenvalue weighted by Gasteiger charge is -2.09. The van der Waals surface area contributed by atoms with E-state index >= 15 is 0 Å². The van der Waals surface area contributed by atoms with Crippen LogP contribution in [0, 0.1) is 0 Å². The van der Waals surface area contributed by atoms with Gasteiger partial charge in [-0.25, -0.2) is 0 Å². The first kappa shape index (κ1) is 16.2. The predicted molar refractivity (Wildman–Crippen MR) is 99.2 cm³/mol. The number of hydrogen-bond acceptors (Lipinski definition) is 4. The van der Waals surface area contributed by atoms with Crippen molar-refractivity contribution in [2.45, 2.75) is 16.2 Å². The molecule has 0 atom stereocenters. The van der Waals surface area contributed by atoms with Gasteiger partial charge in [0.1, 0.15) is 0 Å². The van der Waals surface area contributed by atoms with Crippen LogP contribution in [0.15, 0.2) is 63.3 Å². The summed E-state index contributed by atoms with van der Waals surface area (Å²) in [5, 5.41) is 3.34. The maximum Gasteiger partial charge on any atom is 0.0769 e. The van der Waals surface area contributed by atoms with Gasteiger partial charge >= 0.3 is 0 Å². The summed E-state index contributed by atoms with van der Waals surface area (Å²) in [5.41, 5.74) is 2.25. The Morgan fingerprint density at radius 3 is 2.65 bits per heavy atom. The number of para-hydroxylation sites is 1. The number of likely N-dealkylation sites (N-methyl/N-ethyl adjacent to an activating group) is 1. The minimum atomic E-state index is 1.05. The Hall–Kier alpha value is -1.62. The van der Waals surface area contributed by atoms with Crippen molar-refractivity contribution >= 4 is 23.7 Å². The van der Waals surface area contributed by atoms with Gasteiger partial charge in [0.15, 0.2) is 0 Å². The molecule has 0 spiro atoms. The van der Waals surface area contributed by atoms with Gasteiger partial charge in [-0.15, -0.1) is 0 Å². The van der Waals surface area contributed by atoms with Crippen LogP contribution in [-0.2, 0) is 0 Å². The predicted octanol–water partition coefficient (Wildman–Crippen LogP) is 3.81. The van der Waals surface area contributed by atoms with Crippen molar-refractivity contribution in [2.75, 3.05) is 33.2 Å². The molecule has 1 fully saturated rings. The lowest BCUT2D eigenvalue weighted by molar-refractivity contribution is 0.358. The van der Waals surface area contributed by atoms with Crippen LogP contribution in [0.4, 0.5) is 5.69 Å². The SMILES string of the molecule is C1=Nc2ccccc2Sc2ccccc21.CN1CCCNCC1. The van der Waals surface area contributed by atoms with Crippen molar-refractivity contribution in [3.05, 3.63) is 54.1 Å². The first-order valence-corrected chi connectivity index (χ1v) is 8.94. The summed E-state index contributed by atoms with van der Waals surface area (Å²) in [6, 6.07) is 16.6. The number of fused-ring (bicyclic) bond motifs is 2. The molecule has 0 radical (unpaired) electrons. The molecular formula is C19H23N3S. The highest BCUT2D eigenvalue weighted by Crippen LogP contribution is 2.38. The summed E-state index contributed by atoms with van der Waals surface area (Å²) >= 11 is 1.78. The molecule has 0 bridgehead atoms. The van der Waals surface area contributed by atoms with Gasteiger partial charge in [0, 0.05) is 34.7 Å². The molecule has 2 aromatic rings. The zero-order valence-electron chi connectivity index (χ0n) is 13.5. The van der Waals surface area contributed by atoms with E-state index in [2.05, 4.69) is 52.6 Å². The fraction of sp³-hybridized carbons (Fsp3) is 0.316. The first-order valence-electron chi connectivity index (χ1n) is 8.12. The Balaban J connectivity index is 0.000000166. The summed E-state index contributed by atoms with van der Waals surface area (Å²) in [5.74, 6) is 0. The van der Waals surface area contributed by atoms with Gasteiger partial charge < -0.3 is 10.2 Å². The molecule has 0 aliphatic carbocycles. The maximum absolute atomic E-state index is 4.48. The van der Waals surface area contributed by atoms with Crippen LogP contribution in [0.3, 0.4) is 0 Å². The summed E-state index contributed by atoms with van der Waals surface area (Å²) < 4.78 is 0. The molecule has 1 N–H and O–H groups in total. The van der Waals surface area contributed by atoms with Gasteiger partial charge in [-0.2, -0.15) is 0 Å². The van der Waals surface area contributed by atoms with Crippen molar-refractivity contribution in [3.63, 3.8) is 0 Å². The minimum absolute atomic E-state index is 1.05. The Labute approximate surface area is 142 Å². The highest BCUT2D eigenvalue weighted by Gasteiger charge is 2.09. The minimum Gasteiger partial charge on any atom is -0.315 e. The summed E-state index contributed by atoms with van der Waals surface area (Å²) in [4.78, 5) is 9.33. The van der Waals surface area contributed by atoms with Crippen LogP contribution in [0.5, 0.6) is 0 Å². The molecule has 2 aromatic carbocycles. The van der Waals surface area contributed by atoms with Crippen molar-refractivity contribution in [2.24, 2.45) is 4.99 Å². The second-order valence-electron chi connectivity index (χ2n) is 5.77. The molecule has 0 unspecified atom stereocenters. The summed E-state index contributed by atoms with van der Waals surface area (Å²) in [7, 11) is 2.17. The molecule has 0 saturated carbocycles. The van der Waals surface area contributed by atoms with E-state index in [1.165, 1.54) is 41.4 Å². The van der Waals surface area contributed by atoms with Crippen LogP contribution in [-0.4, -0.2) is 44.3 Å². The largest absolute Gasteiger partial charge is 0.315 e. The van der Waals surface area contributed by atoms with Gasteiger partial charge in [0.05, 0.1) is 5.69 Å². The second kappa shape index (κ2) is 8.29. The number of rotatable bonds is 0. The summed E-state index contributed by atoms with van der Waals surface area (Å²) in [6.07, 6.45) is 3.24. The normalized spacial score (nSPS) is 17.1. The van der Waals surface area contributed by atoms with E-state index in [9.17, 15) is 0 Å². The molecule has 0 amide bonds. The first-order chi connectivity index (χ1) is 11.3. The Morgan fingerprint density at radius 2 is 1.74 bits per heavy atom. The average Bonchev–Trinajstić information content (AvgIpc) is 2.93. The van der Waals surface area contributed by atoms with Gasteiger partial charge in [0.2, 0.25) is 0 Å². The number of benzene rings is 2. The molecule has 120 valence electrons. The molecule has 2 aliphatic heterocycles. The standard InChI is InChI=1S/C13H9NS.C6H14N2/c1-3-7-12-10(5-1)9-14-11-6-2-4-8-13(11)15-12;1-8-5-2-3-7-4-6-8/h1-9H;7H,2-6H2,1H3. The van der Waals surface area contributed by atoms with Crippen molar-refractivity contribution in [1.82, 2.24) is 10.2 Å². The van der Waals surface area contributed by atoms with Gasteiger partial charge in [-0.3, -0.25) is 4.99 Å². The molecule has 23 heavy (non-hydrogen) atoms. The summed E-state index contributed by atoms with van der Waals surface area (Å²) in [6.45, 7) is 4.83. The topological polar surface area (TPSA) is 27.6 Å². The molecule has 2 heterocycles. The fourth-order valence-corrected chi connectivity index (χ4v) is 3.56. The quantitative estimate of drug-likeness (QED) is 0.681. The lowest BCUT2D eigenvalue weighted by atomic mass is 10.2. The molecule has 3 nitrogen and oxygen atoms in total. The molecule has 0 aromatic heterocycles. The van der Waals surface area contributed by atoms with E-state index in [4.69, 9.17) is 0 Å². The van der Waals surface area contributed by atoms with E-state index in [0.717, 1.165) is 12.2 Å². The monoisotopic (exact) mass is 325 g/mol. The third-order valence-corrected chi connectivity index (χ3v) is 5.07. The molecule has 1 saturated heterocycles. The molecule has 2 aliphatic rings. The Morgan fingerprint density at radius 1 is 0.957 bits per heavy atom. The van der Waals surface area contributed by atoms with Crippen LogP contribution >= 0.6 is 11.8 Å². The molecular weight excluding hydrogens is 302 g/mol. The smallest absolute Gasteiger partial charge is 0.0769 e. The third-order valence-electron chi connectivity index (χ3n) is 3.91. The maximum atomic E-state index is 4.48. The fourth-order valence-electron chi connectivity index (χ4n) is 2.57. The lowest BCUT2D eigenvalue weighted by Crippen LogP contribution is -2.23. The van der Waals surface area contributed by atoms with Crippen LogP contribution in [0.1, 0.15) is 12.0 Å². The van der Waals surface area contributed by atoms with Crippen molar-refractivity contribution in [1.29, 1.82) is 0 Å². The van der Waals surface area contributed by atoms with Gasteiger partial charge in [0.25, 0.3) is 0 Å². The second-order valence-corrected chi connectivity index (χ2v) is 6.86. The Bertz CT molecular complexity index is 614. The van der Waals surface area contributed by atoms with Crippen LogP contribution < -0.4 is 5.32 Å². The number of nitrogens with one attached hydrogen (secondary N) is 1. The van der Waals surface area contributed by atoms with Gasteiger partial charge in [-0.05, 0) is 44.8 Å². The number of nitrogens with zero attached hydrogens (tertiary/aromatic N) is 2. The van der Waals surface area contributed by atoms with Gasteiger partial charge in [-0.1, -0.05) is 42.1 Å². The third kappa shape index (κ3) is 4.67. The number of aliphatic imine (C=N–C) groups is 1. The van der Waals surface area contributed by atoms with E-state index in [1.54, 1.807) is 11.8 Å². The Kier molecular flexibility index (Phi) is 5.86. The highest BCUT2D eigenvalue weighted by atomic mass is 32.2. The van der Waals surface area contributed by atoms with E-state index in [-0.39, 0.29) is 0 Å². The van der Waals surface area contributed by atoms with Crippen LogP contribution in [0.2, 0.25) is 0 Å². The van der Waals surface area contributed by atoms with Crippen molar-refractivity contribution < 1.29 is 0 Å². The van der Waals surface area contributed by atoms with E-state index < -0.39 is 0 Å². The average molecular weight is 325 g/mol.